The van der Waals surface area contributed by atoms with Crippen molar-refractivity contribution in [1.29, 1.82) is 0 Å². The van der Waals surface area contributed by atoms with Gasteiger partial charge in [0.05, 0.1) is 29.5 Å². The summed E-state index contributed by atoms with van der Waals surface area (Å²) in [7, 11) is 0. The van der Waals surface area contributed by atoms with Gasteiger partial charge in [0.2, 0.25) is 11.8 Å². The van der Waals surface area contributed by atoms with E-state index in [1.54, 1.807) is 31.3 Å². The summed E-state index contributed by atoms with van der Waals surface area (Å²) in [6.07, 6.45) is 4.56. The molecule has 0 spiro atoms. The van der Waals surface area contributed by atoms with E-state index in [4.69, 9.17) is 0 Å². The summed E-state index contributed by atoms with van der Waals surface area (Å²) in [6, 6.07) is 13.4. The van der Waals surface area contributed by atoms with Crippen LogP contribution in [-0.2, 0) is 16.1 Å². The van der Waals surface area contributed by atoms with E-state index in [9.17, 15) is 14.0 Å². The molecule has 0 aliphatic carbocycles. The van der Waals surface area contributed by atoms with Crippen molar-refractivity contribution in [3.63, 3.8) is 0 Å². The first-order valence-corrected chi connectivity index (χ1v) is 9.25. The van der Waals surface area contributed by atoms with E-state index in [2.05, 4.69) is 15.3 Å². The lowest BCUT2D eigenvalue weighted by atomic mass is 10.2. The van der Waals surface area contributed by atoms with Crippen LogP contribution in [0.4, 0.5) is 4.39 Å². The van der Waals surface area contributed by atoms with Crippen molar-refractivity contribution >= 4 is 28.9 Å². The van der Waals surface area contributed by atoms with Gasteiger partial charge in [0.25, 0.3) is 0 Å². The number of benzene rings is 2. The molecule has 2 aromatic carbocycles. The lowest BCUT2D eigenvalue weighted by Crippen LogP contribution is -2.39. The summed E-state index contributed by atoms with van der Waals surface area (Å²) in [5.74, 6) is -0.909. The average Bonchev–Trinajstić information content (AvgIpc) is 2.75. The molecule has 6 nitrogen and oxygen atoms in total. The number of nitrogens with one attached hydrogen (secondary N) is 1. The lowest BCUT2D eigenvalue weighted by molar-refractivity contribution is -0.132. The molecule has 0 saturated carbocycles. The Hall–Kier alpha value is -3.61. The van der Waals surface area contributed by atoms with Crippen LogP contribution >= 0.6 is 0 Å². The number of halogens is 1. The first-order valence-electron chi connectivity index (χ1n) is 9.25. The topological polar surface area (TPSA) is 75.2 Å². The van der Waals surface area contributed by atoms with E-state index in [1.165, 1.54) is 23.1 Å². The van der Waals surface area contributed by atoms with Crippen LogP contribution in [0.3, 0.4) is 0 Å². The van der Waals surface area contributed by atoms with Gasteiger partial charge in [-0.05, 0) is 42.8 Å². The maximum absolute atomic E-state index is 12.9. The number of hydrogen-bond donors (Lipinski definition) is 1. The number of amides is 2. The molecule has 3 aromatic rings. The predicted molar refractivity (Wildman–Crippen MR) is 109 cm³/mol. The zero-order valence-corrected chi connectivity index (χ0v) is 16.0. The Balaban J connectivity index is 1.56. The van der Waals surface area contributed by atoms with Crippen LogP contribution in [0.25, 0.3) is 17.1 Å². The third-order valence-electron chi connectivity index (χ3n) is 4.29. The van der Waals surface area contributed by atoms with Crippen molar-refractivity contribution in [2.24, 2.45) is 0 Å². The second kappa shape index (κ2) is 9.54. The molecule has 1 aromatic heterocycles. The largest absolute Gasteiger partial charge is 0.350 e. The van der Waals surface area contributed by atoms with E-state index < -0.39 is 0 Å². The van der Waals surface area contributed by atoms with Crippen molar-refractivity contribution in [2.75, 3.05) is 13.1 Å². The minimum Gasteiger partial charge on any atom is -0.350 e. The van der Waals surface area contributed by atoms with Gasteiger partial charge in [0.15, 0.2) is 0 Å². The Kier molecular flexibility index (Phi) is 6.63. The predicted octanol–water partition coefficient (Wildman–Crippen LogP) is 2.95. The summed E-state index contributed by atoms with van der Waals surface area (Å²) in [4.78, 5) is 34.7. The highest BCUT2D eigenvalue weighted by atomic mass is 19.1. The maximum atomic E-state index is 12.9. The highest BCUT2D eigenvalue weighted by molar-refractivity contribution is 5.94. The van der Waals surface area contributed by atoms with Crippen LogP contribution in [0.15, 0.2) is 60.8 Å². The summed E-state index contributed by atoms with van der Waals surface area (Å²) in [5.41, 5.74) is 2.87. The number of para-hydroxylation sites is 2. The first kappa shape index (κ1) is 20.1. The number of rotatable bonds is 7. The second-order valence-corrected chi connectivity index (χ2v) is 6.37. The molecule has 148 valence electrons. The summed E-state index contributed by atoms with van der Waals surface area (Å²) in [5, 5.41) is 2.73. The first-order chi connectivity index (χ1) is 14.0. The molecule has 2 amide bonds. The van der Waals surface area contributed by atoms with Gasteiger partial charge >= 0.3 is 0 Å². The molecule has 0 saturated heterocycles. The number of fused-ring (bicyclic) bond motifs is 1. The summed E-state index contributed by atoms with van der Waals surface area (Å²) >= 11 is 0. The Morgan fingerprint density at radius 3 is 2.55 bits per heavy atom. The molecular weight excluding hydrogens is 371 g/mol. The van der Waals surface area contributed by atoms with E-state index in [0.29, 0.717) is 12.2 Å². The molecule has 1 heterocycles. The SMILES string of the molecule is CCN(CC(=O)NCc1ccc(F)cc1)C(=O)/C=C/c1cnc2ccccc2n1. The Morgan fingerprint density at radius 2 is 1.83 bits per heavy atom. The molecule has 3 rings (SSSR count). The third-order valence-corrected chi connectivity index (χ3v) is 4.29. The lowest BCUT2D eigenvalue weighted by Gasteiger charge is -2.18. The number of hydrogen-bond acceptors (Lipinski definition) is 4. The molecule has 0 fully saturated rings. The van der Waals surface area contributed by atoms with Gasteiger partial charge < -0.3 is 10.2 Å². The molecule has 0 unspecified atom stereocenters. The van der Waals surface area contributed by atoms with Crippen molar-refractivity contribution in [2.45, 2.75) is 13.5 Å². The zero-order chi connectivity index (χ0) is 20.6. The number of carbonyl (C=O) groups is 2. The minimum absolute atomic E-state index is 0.0652. The van der Waals surface area contributed by atoms with Crippen molar-refractivity contribution < 1.29 is 14.0 Å². The quantitative estimate of drug-likeness (QED) is 0.628. The van der Waals surface area contributed by atoms with Gasteiger partial charge in [-0.25, -0.2) is 9.37 Å². The van der Waals surface area contributed by atoms with Gasteiger partial charge in [-0.2, -0.15) is 0 Å². The standard InChI is InChI=1S/C22H21FN4O2/c1-2-27(15-21(28)25-13-16-7-9-17(23)10-8-16)22(29)12-11-18-14-24-19-5-3-4-6-20(19)26-18/h3-12,14H,2,13,15H2,1H3,(H,25,28)/b12-11+. The van der Waals surface area contributed by atoms with Gasteiger partial charge in [0.1, 0.15) is 5.82 Å². The molecule has 0 aliphatic heterocycles. The van der Waals surface area contributed by atoms with Crippen LogP contribution in [0.1, 0.15) is 18.2 Å². The summed E-state index contributed by atoms with van der Waals surface area (Å²) < 4.78 is 12.9. The van der Waals surface area contributed by atoms with Crippen LogP contribution in [0.5, 0.6) is 0 Å². The molecule has 29 heavy (non-hydrogen) atoms. The van der Waals surface area contributed by atoms with Gasteiger partial charge in [0, 0.05) is 19.2 Å². The molecule has 0 atom stereocenters. The smallest absolute Gasteiger partial charge is 0.247 e. The highest BCUT2D eigenvalue weighted by Gasteiger charge is 2.13. The monoisotopic (exact) mass is 392 g/mol. The number of likely N-dealkylation sites (N-methyl/N-ethyl adjacent to an activating group) is 1. The van der Waals surface area contributed by atoms with E-state index in [0.717, 1.165) is 16.6 Å². The molecule has 1 N–H and O–H groups in total. The van der Waals surface area contributed by atoms with Crippen LogP contribution in [0, 0.1) is 5.82 Å². The Bertz CT molecular complexity index is 1030. The Morgan fingerprint density at radius 1 is 1.10 bits per heavy atom. The normalized spacial score (nSPS) is 11.0. The van der Waals surface area contributed by atoms with E-state index in [-0.39, 0.29) is 30.7 Å². The van der Waals surface area contributed by atoms with Gasteiger partial charge in [-0.3, -0.25) is 14.6 Å². The second-order valence-electron chi connectivity index (χ2n) is 6.37. The van der Waals surface area contributed by atoms with Crippen LogP contribution in [-0.4, -0.2) is 39.8 Å². The minimum atomic E-state index is -0.328. The fourth-order valence-electron chi connectivity index (χ4n) is 2.69. The van der Waals surface area contributed by atoms with E-state index >= 15 is 0 Å². The summed E-state index contributed by atoms with van der Waals surface area (Å²) in [6.45, 7) is 2.39. The highest BCUT2D eigenvalue weighted by Crippen LogP contribution is 2.09. The number of aromatic nitrogens is 2. The number of carbonyl (C=O) groups excluding carboxylic acids is 2. The van der Waals surface area contributed by atoms with Crippen molar-refractivity contribution in [3.8, 4) is 0 Å². The molecule has 0 bridgehead atoms. The van der Waals surface area contributed by atoms with Gasteiger partial charge in [-0.15, -0.1) is 0 Å². The maximum Gasteiger partial charge on any atom is 0.247 e. The third kappa shape index (κ3) is 5.68. The zero-order valence-electron chi connectivity index (χ0n) is 16.0. The van der Waals surface area contributed by atoms with Crippen molar-refractivity contribution in [1.82, 2.24) is 20.2 Å². The van der Waals surface area contributed by atoms with Crippen LogP contribution in [0.2, 0.25) is 0 Å². The van der Waals surface area contributed by atoms with Crippen molar-refractivity contribution in [3.05, 3.63) is 77.9 Å². The van der Waals surface area contributed by atoms with Crippen LogP contribution < -0.4 is 5.32 Å². The average molecular weight is 392 g/mol. The molecule has 0 radical (unpaired) electrons. The molecule has 7 heteroatoms. The van der Waals surface area contributed by atoms with E-state index in [1.807, 2.05) is 24.3 Å². The molecule has 0 aliphatic rings. The number of nitrogens with zero attached hydrogens (tertiary/aromatic N) is 3. The Labute approximate surface area is 168 Å². The van der Waals surface area contributed by atoms with Gasteiger partial charge in [-0.1, -0.05) is 24.3 Å². The molecular formula is C22H21FN4O2. The fourth-order valence-corrected chi connectivity index (χ4v) is 2.69. The fraction of sp³-hybridized carbons (Fsp3) is 0.182.